The highest BCUT2D eigenvalue weighted by atomic mass is 127. The molecule has 2 fully saturated rings. The van der Waals surface area contributed by atoms with Crippen molar-refractivity contribution in [2.75, 3.05) is 32.7 Å². The fraction of sp³-hybridized carbons (Fsp3) is 0.609. The minimum absolute atomic E-state index is 0. The number of halogens is 1. The first-order chi connectivity index (χ1) is 14.6. The molecule has 0 aliphatic carbocycles. The van der Waals surface area contributed by atoms with Crippen LogP contribution in [0.25, 0.3) is 0 Å². The molecule has 2 heterocycles. The topological polar surface area (TPSA) is 77.0 Å². The summed E-state index contributed by atoms with van der Waals surface area (Å²) in [6.45, 7) is 8.91. The molecule has 2 saturated heterocycles. The second-order valence-corrected chi connectivity index (χ2v) is 8.17. The molecule has 0 aromatic heterocycles. The van der Waals surface area contributed by atoms with Crippen LogP contribution in [0.2, 0.25) is 0 Å². The molecule has 1 aromatic rings. The van der Waals surface area contributed by atoms with Gasteiger partial charge >= 0.3 is 0 Å². The van der Waals surface area contributed by atoms with Crippen molar-refractivity contribution >= 4 is 41.8 Å². The lowest BCUT2D eigenvalue weighted by Crippen LogP contribution is -2.49. The second kappa shape index (κ2) is 13.0. The quantitative estimate of drug-likeness (QED) is 0.240. The monoisotopic (exact) mass is 541 g/mol. The summed E-state index contributed by atoms with van der Waals surface area (Å²) in [6.07, 6.45) is 3.74. The lowest BCUT2D eigenvalue weighted by molar-refractivity contribution is -0.147. The van der Waals surface area contributed by atoms with Gasteiger partial charge in [-0.2, -0.15) is 0 Å². The zero-order chi connectivity index (χ0) is 21.3. The summed E-state index contributed by atoms with van der Waals surface area (Å²) in [5.41, 5.74) is 2.76. The molecule has 0 saturated carbocycles. The predicted octanol–water partition coefficient (Wildman–Crippen LogP) is 2.67. The molecule has 2 amide bonds. The van der Waals surface area contributed by atoms with Crippen molar-refractivity contribution < 1.29 is 9.59 Å². The van der Waals surface area contributed by atoms with Gasteiger partial charge in [0.15, 0.2) is 5.96 Å². The molecule has 2 aliphatic heterocycles. The van der Waals surface area contributed by atoms with E-state index in [-0.39, 0.29) is 35.8 Å². The standard InChI is InChI=1S/C23H35N5O2.HI/c1-3-24-23(25-13-16-28-21(29)9-6-10-22(28)30)26-20-11-14-27(15-12-20)17-19-8-5-4-7-18(19)2;/h4-5,7-8,20H,3,6,9-17H2,1-2H3,(H2,24,25,26);1H. The molecule has 0 bridgehead atoms. The molecule has 0 atom stereocenters. The number of aliphatic imine (C=N–C) groups is 1. The number of hydrogen-bond acceptors (Lipinski definition) is 4. The number of carbonyl (C=O) groups is 2. The molecule has 0 radical (unpaired) electrons. The van der Waals surface area contributed by atoms with Crippen molar-refractivity contribution in [3.63, 3.8) is 0 Å². The molecule has 2 aliphatic rings. The number of hydrogen-bond donors (Lipinski definition) is 2. The Labute approximate surface area is 203 Å². The molecular formula is C23H36IN5O2. The minimum atomic E-state index is -0.0690. The summed E-state index contributed by atoms with van der Waals surface area (Å²) >= 11 is 0. The van der Waals surface area contributed by atoms with Crippen LogP contribution in [0.15, 0.2) is 29.3 Å². The van der Waals surface area contributed by atoms with E-state index in [2.05, 4.69) is 51.7 Å². The molecule has 172 valence electrons. The Balaban J connectivity index is 0.00000341. The van der Waals surface area contributed by atoms with Crippen molar-refractivity contribution in [2.24, 2.45) is 4.99 Å². The van der Waals surface area contributed by atoms with E-state index < -0.39 is 0 Å². The van der Waals surface area contributed by atoms with Gasteiger partial charge in [-0.25, -0.2) is 0 Å². The summed E-state index contributed by atoms with van der Waals surface area (Å²) in [5.74, 6) is 0.632. The Morgan fingerprint density at radius 3 is 2.45 bits per heavy atom. The summed E-state index contributed by atoms with van der Waals surface area (Å²) in [6, 6.07) is 8.98. The Morgan fingerprint density at radius 1 is 1.13 bits per heavy atom. The third-order valence-corrected chi connectivity index (χ3v) is 5.90. The maximum atomic E-state index is 11.9. The summed E-state index contributed by atoms with van der Waals surface area (Å²) < 4.78 is 0. The van der Waals surface area contributed by atoms with E-state index in [0.29, 0.717) is 38.4 Å². The van der Waals surface area contributed by atoms with Gasteiger partial charge in [0.25, 0.3) is 0 Å². The lowest BCUT2D eigenvalue weighted by Gasteiger charge is -2.33. The van der Waals surface area contributed by atoms with E-state index >= 15 is 0 Å². The van der Waals surface area contributed by atoms with E-state index in [9.17, 15) is 9.59 Å². The Morgan fingerprint density at radius 2 is 1.81 bits per heavy atom. The SMILES string of the molecule is CCNC(=NCCN1C(=O)CCCC1=O)NC1CCN(Cc2ccccc2C)CC1.I. The number of nitrogens with one attached hydrogen (secondary N) is 2. The van der Waals surface area contributed by atoms with Gasteiger partial charge in [-0.3, -0.25) is 24.4 Å². The van der Waals surface area contributed by atoms with Crippen molar-refractivity contribution in [2.45, 2.75) is 58.5 Å². The number of amides is 2. The molecule has 8 heteroatoms. The average Bonchev–Trinajstić information content (AvgIpc) is 2.73. The lowest BCUT2D eigenvalue weighted by atomic mass is 10.0. The molecule has 7 nitrogen and oxygen atoms in total. The summed E-state index contributed by atoms with van der Waals surface area (Å²) in [5, 5.41) is 6.82. The number of nitrogens with zero attached hydrogens (tertiary/aromatic N) is 3. The van der Waals surface area contributed by atoms with Crippen LogP contribution in [0.5, 0.6) is 0 Å². The second-order valence-electron chi connectivity index (χ2n) is 8.17. The number of aryl methyl sites for hydroxylation is 1. The van der Waals surface area contributed by atoms with E-state index in [0.717, 1.165) is 45.0 Å². The molecule has 0 unspecified atom stereocenters. The first-order valence-electron chi connectivity index (χ1n) is 11.2. The number of guanidine groups is 1. The molecular weight excluding hydrogens is 505 g/mol. The van der Waals surface area contributed by atoms with Crippen molar-refractivity contribution in [1.82, 2.24) is 20.4 Å². The van der Waals surface area contributed by atoms with Crippen molar-refractivity contribution in [3.05, 3.63) is 35.4 Å². The van der Waals surface area contributed by atoms with Gasteiger partial charge in [-0.05, 0) is 44.2 Å². The first-order valence-corrected chi connectivity index (χ1v) is 11.2. The van der Waals surface area contributed by atoms with Crippen LogP contribution in [0.3, 0.4) is 0 Å². The number of carbonyl (C=O) groups excluding carboxylic acids is 2. The van der Waals surface area contributed by atoms with Crippen LogP contribution in [-0.4, -0.2) is 66.3 Å². The van der Waals surface area contributed by atoms with Gasteiger partial charge in [0, 0.05) is 51.6 Å². The van der Waals surface area contributed by atoms with Crippen LogP contribution in [0.1, 0.15) is 50.2 Å². The van der Waals surface area contributed by atoms with Gasteiger partial charge in [0.1, 0.15) is 0 Å². The number of imide groups is 1. The van der Waals surface area contributed by atoms with Crippen LogP contribution >= 0.6 is 24.0 Å². The molecule has 31 heavy (non-hydrogen) atoms. The third kappa shape index (κ3) is 7.75. The van der Waals surface area contributed by atoms with Gasteiger partial charge in [0.05, 0.1) is 6.54 Å². The smallest absolute Gasteiger partial charge is 0.229 e. The van der Waals surface area contributed by atoms with Crippen molar-refractivity contribution in [3.8, 4) is 0 Å². The fourth-order valence-corrected chi connectivity index (χ4v) is 4.09. The van der Waals surface area contributed by atoms with E-state index in [1.807, 2.05) is 6.92 Å². The highest BCUT2D eigenvalue weighted by Crippen LogP contribution is 2.16. The predicted molar refractivity (Wildman–Crippen MR) is 135 cm³/mol. The zero-order valence-electron chi connectivity index (χ0n) is 18.7. The van der Waals surface area contributed by atoms with E-state index in [1.54, 1.807) is 0 Å². The minimum Gasteiger partial charge on any atom is -0.357 e. The van der Waals surface area contributed by atoms with Crippen LogP contribution in [0.4, 0.5) is 0 Å². The van der Waals surface area contributed by atoms with E-state index in [4.69, 9.17) is 0 Å². The first kappa shape index (κ1) is 25.6. The van der Waals surface area contributed by atoms with Gasteiger partial charge < -0.3 is 10.6 Å². The fourth-order valence-electron chi connectivity index (χ4n) is 4.09. The van der Waals surface area contributed by atoms with Crippen molar-refractivity contribution in [1.29, 1.82) is 0 Å². The Kier molecular flexibility index (Phi) is 10.7. The number of benzene rings is 1. The summed E-state index contributed by atoms with van der Waals surface area (Å²) in [4.78, 5) is 32.3. The zero-order valence-corrected chi connectivity index (χ0v) is 21.1. The molecule has 0 spiro atoms. The Hall–Kier alpha value is -1.68. The normalized spacial score (nSPS) is 18.6. The van der Waals surface area contributed by atoms with E-state index in [1.165, 1.54) is 16.0 Å². The maximum absolute atomic E-state index is 11.9. The highest BCUT2D eigenvalue weighted by molar-refractivity contribution is 14.0. The summed E-state index contributed by atoms with van der Waals surface area (Å²) in [7, 11) is 0. The highest BCUT2D eigenvalue weighted by Gasteiger charge is 2.25. The van der Waals surface area contributed by atoms with Crippen LogP contribution < -0.4 is 10.6 Å². The van der Waals surface area contributed by atoms with Gasteiger partial charge in [-0.15, -0.1) is 24.0 Å². The maximum Gasteiger partial charge on any atom is 0.229 e. The van der Waals surface area contributed by atoms with Crippen LogP contribution in [-0.2, 0) is 16.1 Å². The average molecular weight is 541 g/mol. The van der Waals surface area contributed by atoms with Gasteiger partial charge in [-0.1, -0.05) is 24.3 Å². The van der Waals surface area contributed by atoms with Gasteiger partial charge in [0.2, 0.25) is 11.8 Å². The number of likely N-dealkylation sites (tertiary alicyclic amines) is 2. The molecule has 2 N–H and O–H groups in total. The largest absolute Gasteiger partial charge is 0.357 e. The third-order valence-electron chi connectivity index (χ3n) is 5.90. The molecule has 1 aromatic carbocycles. The number of piperidine rings is 2. The number of rotatable bonds is 7. The molecule has 3 rings (SSSR count). The van der Waals surface area contributed by atoms with Crippen LogP contribution in [0, 0.1) is 6.92 Å². The Bertz CT molecular complexity index is 746.